The van der Waals surface area contributed by atoms with Crippen molar-refractivity contribution in [3.05, 3.63) is 58.1 Å². The van der Waals surface area contributed by atoms with Crippen LogP contribution in [0.3, 0.4) is 0 Å². The number of benzene rings is 2. The Morgan fingerprint density at radius 1 is 1.12 bits per heavy atom. The molecule has 4 nitrogen and oxygen atoms in total. The number of nitrogens with zero attached hydrogens (tertiary/aromatic N) is 3. The van der Waals surface area contributed by atoms with Gasteiger partial charge in [-0.2, -0.15) is 5.10 Å². The van der Waals surface area contributed by atoms with Gasteiger partial charge in [0.2, 0.25) is 0 Å². The van der Waals surface area contributed by atoms with E-state index >= 15 is 0 Å². The van der Waals surface area contributed by atoms with Crippen molar-refractivity contribution in [2.45, 2.75) is 6.42 Å². The van der Waals surface area contributed by atoms with Gasteiger partial charge in [0, 0.05) is 42.5 Å². The van der Waals surface area contributed by atoms with Gasteiger partial charge in [-0.05, 0) is 36.8 Å². The molecule has 3 aromatic rings. The molecule has 0 fully saturated rings. The van der Waals surface area contributed by atoms with Gasteiger partial charge in [0.15, 0.2) is 0 Å². The Morgan fingerprint density at radius 3 is 2.72 bits per heavy atom. The zero-order valence-electron chi connectivity index (χ0n) is 14.1. The van der Waals surface area contributed by atoms with E-state index in [0.29, 0.717) is 10.0 Å². The van der Waals surface area contributed by atoms with E-state index in [4.69, 9.17) is 28.3 Å². The molecule has 1 aromatic heterocycles. The Bertz CT molecular complexity index is 947. The van der Waals surface area contributed by atoms with Gasteiger partial charge < -0.3 is 10.2 Å². The lowest BCUT2D eigenvalue weighted by Crippen LogP contribution is -2.08. The first-order valence-electron chi connectivity index (χ1n) is 8.13. The quantitative estimate of drug-likeness (QED) is 0.710. The molecule has 0 bridgehead atoms. The second-order valence-corrected chi connectivity index (χ2v) is 7.15. The molecule has 0 amide bonds. The largest absolute Gasteiger partial charge is 0.378 e. The molecule has 4 rings (SSSR count). The predicted octanol–water partition coefficient (Wildman–Crippen LogP) is 4.88. The SMILES string of the molecule is CN(C)c1cccc(-c2nn(-c3ccc(Cl)cc3Cl)c3c2CCN3)c1. The molecule has 0 spiro atoms. The average molecular weight is 373 g/mol. The standard InChI is InChI=1S/C19H18Cl2N4/c1-24(2)14-5-3-4-12(10-14)18-15-8-9-22-19(15)25(23-18)17-7-6-13(20)11-16(17)21/h3-7,10-11,22H,8-9H2,1-2H3. The van der Waals surface area contributed by atoms with Gasteiger partial charge in [0.25, 0.3) is 0 Å². The summed E-state index contributed by atoms with van der Waals surface area (Å²) in [4.78, 5) is 2.09. The normalized spacial score (nSPS) is 12.8. The molecule has 0 saturated carbocycles. The molecule has 128 valence electrons. The zero-order valence-corrected chi connectivity index (χ0v) is 15.6. The maximum absolute atomic E-state index is 6.41. The molecular weight excluding hydrogens is 355 g/mol. The highest BCUT2D eigenvalue weighted by Crippen LogP contribution is 2.37. The van der Waals surface area contributed by atoms with Crippen molar-refractivity contribution < 1.29 is 0 Å². The smallest absolute Gasteiger partial charge is 0.133 e. The molecule has 0 aliphatic carbocycles. The maximum atomic E-state index is 6.41. The van der Waals surface area contributed by atoms with Gasteiger partial charge in [-0.3, -0.25) is 0 Å². The third kappa shape index (κ3) is 2.86. The Balaban J connectivity index is 1.88. The number of rotatable bonds is 3. The minimum Gasteiger partial charge on any atom is -0.378 e. The Hall–Kier alpha value is -2.17. The fraction of sp³-hybridized carbons (Fsp3) is 0.211. The van der Waals surface area contributed by atoms with Crippen LogP contribution in [-0.4, -0.2) is 30.4 Å². The van der Waals surface area contributed by atoms with Gasteiger partial charge >= 0.3 is 0 Å². The van der Waals surface area contributed by atoms with Crippen LogP contribution in [0.15, 0.2) is 42.5 Å². The molecule has 25 heavy (non-hydrogen) atoms. The lowest BCUT2D eigenvalue weighted by molar-refractivity contribution is 0.882. The summed E-state index contributed by atoms with van der Waals surface area (Å²) >= 11 is 12.4. The van der Waals surface area contributed by atoms with Gasteiger partial charge in [0.05, 0.1) is 16.4 Å². The molecule has 0 saturated heterocycles. The van der Waals surface area contributed by atoms with Crippen LogP contribution in [0.1, 0.15) is 5.56 Å². The molecule has 1 N–H and O–H groups in total. The number of hydrogen-bond donors (Lipinski definition) is 1. The summed E-state index contributed by atoms with van der Waals surface area (Å²) in [7, 11) is 4.08. The number of hydrogen-bond acceptors (Lipinski definition) is 3. The second kappa shape index (κ2) is 6.28. The van der Waals surface area contributed by atoms with Gasteiger partial charge in [0.1, 0.15) is 5.82 Å². The van der Waals surface area contributed by atoms with E-state index in [1.807, 2.05) is 30.9 Å². The monoisotopic (exact) mass is 372 g/mol. The van der Waals surface area contributed by atoms with E-state index in [1.54, 1.807) is 6.07 Å². The molecule has 6 heteroatoms. The number of halogens is 2. The number of anilines is 2. The highest BCUT2D eigenvalue weighted by molar-refractivity contribution is 6.35. The maximum Gasteiger partial charge on any atom is 0.133 e. The van der Waals surface area contributed by atoms with Gasteiger partial charge in [-0.25, -0.2) is 4.68 Å². The summed E-state index contributed by atoms with van der Waals surface area (Å²) in [5.41, 5.74) is 5.30. The molecular formula is C19H18Cl2N4. The highest BCUT2D eigenvalue weighted by Gasteiger charge is 2.25. The Labute approximate surface area is 157 Å². The molecule has 0 radical (unpaired) electrons. The highest BCUT2D eigenvalue weighted by atomic mass is 35.5. The summed E-state index contributed by atoms with van der Waals surface area (Å²) in [6.45, 7) is 0.902. The molecule has 2 aromatic carbocycles. The number of fused-ring (bicyclic) bond motifs is 1. The van der Waals surface area contributed by atoms with Crippen molar-refractivity contribution in [2.24, 2.45) is 0 Å². The third-order valence-corrected chi connectivity index (χ3v) is 4.96. The van der Waals surface area contributed by atoms with E-state index in [9.17, 15) is 0 Å². The van der Waals surface area contributed by atoms with Crippen LogP contribution in [0, 0.1) is 0 Å². The molecule has 2 heterocycles. The number of aromatic nitrogens is 2. The minimum absolute atomic E-state index is 0.583. The van der Waals surface area contributed by atoms with E-state index in [-0.39, 0.29) is 0 Å². The topological polar surface area (TPSA) is 33.1 Å². The average Bonchev–Trinajstić information content (AvgIpc) is 3.18. The number of nitrogens with one attached hydrogen (secondary N) is 1. The second-order valence-electron chi connectivity index (χ2n) is 6.30. The lowest BCUT2D eigenvalue weighted by Gasteiger charge is -2.13. The minimum atomic E-state index is 0.583. The van der Waals surface area contributed by atoms with E-state index < -0.39 is 0 Å². The first kappa shape index (κ1) is 16.3. The van der Waals surface area contributed by atoms with Crippen LogP contribution in [0.2, 0.25) is 10.0 Å². The van der Waals surface area contributed by atoms with Crippen LogP contribution in [0.25, 0.3) is 16.9 Å². The Morgan fingerprint density at radius 2 is 1.96 bits per heavy atom. The molecule has 0 unspecified atom stereocenters. The van der Waals surface area contributed by atoms with Crippen molar-refractivity contribution in [3.8, 4) is 16.9 Å². The Kier molecular flexibility index (Phi) is 4.10. The molecule has 1 aliphatic rings. The zero-order chi connectivity index (χ0) is 17.6. The summed E-state index contributed by atoms with van der Waals surface area (Å²) < 4.78 is 1.89. The van der Waals surface area contributed by atoms with E-state index in [2.05, 4.69) is 34.5 Å². The predicted molar refractivity (Wildman–Crippen MR) is 106 cm³/mol. The van der Waals surface area contributed by atoms with Crippen molar-refractivity contribution >= 4 is 34.7 Å². The van der Waals surface area contributed by atoms with Crippen LogP contribution in [0.5, 0.6) is 0 Å². The fourth-order valence-corrected chi connectivity index (χ4v) is 3.65. The van der Waals surface area contributed by atoms with Gasteiger partial charge in [-0.1, -0.05) is 35.3 Å². The summed E-state index contributed by atoms with van der Waals surface area (Å²) in [5, 5.41) is 9.50. The first-order valence-corrected chi connectivity index (χ1v) is 8.89. The molecule has 0 atom stereocenters. The van der Waals surface area contributed by atoms with Crippen molar-refractivity contribution in [3.63, 3.8) is 0 Å². The van der Waals surface area contributed by atoms with Crippen LogP contribution < -0.4 is 10.2 Å². The third-order valence-electron chi connectivity index (χ3n) is 4.42. The first-order chi connectivity index (χ1) is 12.0. The summed E-state index contributed by atoms with van der Waals surface area (Å²) in [6, 6.07) is 13.9. The van der Waals surface area contributed by atoms with Crippen LogP contribution in [0.4, 0.5) is 11.5 Å². The summed E-state index contributed by atoms with van der Waals surface area (Å²) in [5.74, 6) is 1.01. The fourth-order valence-electron chi connectivity index (χ4n) is 3.17. The van der Waals surface area contributed by atoms with Crippen molar-refractivity contribution in [2.75, 3.05) is 30.9 Å². The van der Waals surface area contributed by atoms with Crippen LogP contribution in [-0.2, 0) is 6.42 Å². The van der Waals surface area contributed by atoms with Crippen LogP contribution >= 0.6 is 23.2 Å². The van der Waals surface area contributed by atoms with Gasteiger partial charge in [-0.15, -0.1) is 0 Å². The lowest BCUT2D eigenvalue weighted by atomic mass is 10.1. The van der Waals surface area contributed by atoms with Crippen molar-refractivity contribution in [1.82, 2.24) is 9.78 Å². The van der Waals surface area contributed by atoms with Crippen molar-refractivity contribution in [1.29, 1.82) is 0 Å². The molecule has 1 aliphatic heterocycles. The van der Waals surface area contributed by atoms with E-state index in [1.165, 1.54) is 5.56 Å². The summed E-state index contributed by atoms with van der Waals surface area (Å²) in [6.07, 6.45) is 0.946. The van der Waals surface area contributed by atoms with E-state index in [0.717, 1.165) is 41.4 Å².